The predicted octanol–water partition coefficient (Wildman–Crippen LogP) is 7.43. The number of rotatable bonds is 5. The molecule has 0 aliphatic carbocycles. The molecule has 3 aromatic heterocycles. The van der Waals surface area contributed by atoms with Crippen molar-refractivity contribution in [2.24, 2.45) is 0 Å². The molecular formula is C37H40FN7O5. The maximum absolute atomic E-state index is 15.1. The maximum Gasteiger partial charge on any atom is 0.410 e. The number of aromatic nitrogens is 3. The number of ether oxygens (including phenoxy) is 1. The normalized spacial score (nSPS) is 13.7. The number of piperazine rings is 1. The van der Waals surface area contributed by atoms with Crippen LogP contribution in [0.5, 0.6) is 0 Å². The number of carbonyl (C=O) groups excluding carboxylic acids is 3. The van der Waals surface area contributed by atoms with Crippen molar-refractivity contribution in [3.63, 3.8) is 0 Å². The molecule has 260 valence electrons. The number of imidazole rings is 1. The van der Waals surface area contributed by atoms with Gasteiger partial charge >= 0.3 is 12.1 Å². The molecule has 6 rings (SSSR count). The van der Waals surface area contributed by atoms with E-state index in [2.05, 4.69) is 20.8 Å². The molecule has 50 heavy (non-hydrogen) atoms. The third kappa shape index (κ3) is 7.61. The molecule has 5 aromatic rings. The van der Waals surface area contributed by atoms with E-state index < -0.39 is 17.4 Å². The average molecular weight is 682 g/mol. The number of carbonyl (C=O) groups is 3. The molecule has 0 bridgehead atoms. The smallest absolute Gasteiger partial charge is 0.410 e. The highest BCUT2D eigenvalue weighted by Gasteiger charge is 2.28. The average Bonchev–Trinajstić information content (AvgIpc) is 3.72. The fraction of sp³-hybridized carbons (Fsp3) is 0.324. The van der Waals surface area contributed by atoms with Crippen molar-refractivity contribution < 1.29 is 28.0 Å². The third-order valence-corrected chi connectivity index (χ3v) is 8.20. The van der Waals surface area contributed by atoms with Crippen molar-refractivity contribution in [1.82, 2.24) is 24.3 Å². The first-order valence-electron chi connectivity index (χ1n) is 16.3. The van der Waals surface area contributed by atoms with Gasteiger partial charge in [-0.15, -0.1) is 0 Å². The monoisotopic (exact) mass is 681 g/mol. The van der Waals surface area contributed by atoms with Crippen LogP contribution in [0.25, 0.3) is 28.0 Å². The number of halogens is 1. The summed E-state index contributed by atoms with van der Waals surface area (Å²) in [6, 6.07) is 16.7. The molecule has 0 radical (unpaired) electrons. The van der Waals surface area contributed by atoms with Crippen LogP contribution in [0.2, 0.25) is 0 Å². The van der Waals surface area contributed by atoms with E-state index in [1.54, 1.807) is 40.3 Å². The summed E-state index contributed by atoms with van der Waals surface area (Å²) in [5, 5.41) is 8.92. The summed E-state index contributed by atoms with van der Waals surface area (Å²) in [5.41, 5.74) is 3.44. The second-order valence-electron chi connectivity index (χ2n) is 14.2. The van der Waals surface area contributed by atoms with Gasteiger partial charge in [-0.3, -0.25) is 14.5 Å². The van der Waals surface area contributed by atoms with Crippen LogP contribution in [0.3, 0.4) is 0 Å². The Balaban J connectivity index is 1.09. The number of nitrogens with one attached hydrogen (secondary N) is 2. The number of hydrogen-bond donors (Lipinski definition) is 2. The van der Waals surface area contributed by atoms with Gasteiger partial charge < -0.3 is 24.4 Å². The lowest BCUT2D eigenvalue weighted by atomic mass is 9.93. The number of hydrogen-bond acceptors (Lipinski definition) is 7. The minimum atomic E-state index is -0.650. The van der Waals surface area contributed by atoms with Crippen LogP contribution in [0.1, 0.15) is 57.7 Å². The second-order valence-corrected chi connectivity index (χ2v) is 14.2. The highest BCUT2D eigenvalue weighted by molar-refractivity contribution is 5.99. The molecule has 12 nitrogen and oxygen atoms in total. The molecule has 0 unspecified atom stereocenters. The molecule has 2 aromatic carbocycles. The first-order valence-corrected chi connectivity index (χ1v) is 16.3. The van der Waals surface area contributed by atoms with E-state index in [4.69, 9.17) is 9.26 Å². The van der Waals surface area contributed by atoms with E-state index in [-0.39, 0.29) is 28.9 Å². The molecular weight excluding hydrogens is 641 g/mol. The number of urea groups is 1. The first kappa shape index (κ1) is 34.2. The van der Waals surface area contributed by atoms with Crippen LogP contribution in [0.4, 0.5) is 25.5 Å². The van der Waals surface area contributed by atoms with Gasteiger partial charge in [-0.2, -0.15) is 0 Å². The largest absolute Gasteiger partial charge is 0.444 e. The number of nitrogens with zero attached hydrogens (tertiary/aromatic N) is 5. The van der Waals surface area contributed by atoms with Crippen LogP contribution in [-0.2, 0) is 10.2 Å². The van der Waals surface area contributed by atoms with Crippen molar-refractivity contribution in [2.75, 3.05) is 36.8 Å². The fourth-order valence-electron chi connectivity index (χ4n) is 5.51. The quantitative estimate of drug-likeness (QED) is 0.197. The summed E-state index contributed by atoms with van der Waals surface area (Å²) < 4.78 is 27.7. The Kier molecular flexibility index (Phi) is 9.08. The summed E-state index contributed by atoms with van der Waals surface area (Å²) in [5.74, 6) is 0.135. The Labute approximate surface area is 289 Å². The lowest BCUT2D eigenvalue weighted by Crippen LogP contribution is -2.51. The van der Waals surface area contributed by atoms with Gasteiger partial charge in [0.25, 0.3) is 5.91 Å². The zero-order valence-electron chi connectivity index (χ0n) is 28.9. The van der Waals surface area contributed by atoms with Crippen LogP contribution in [-0.4, -0.2) is 74.2 Å². The molecule has 1 aliphatic rings. The number of fused-ring (bicyclic) bond motifs is 1. The lowest BCUT2D eigenvalue weighted by Gasteiger charge is -2.35. The van der Waals surface area contributed by atoms with Gasteiger partial charge in [0.15, 0.2) is 5.82 Å². The highest BCUT2D eigenvalue weighted by atomic mass is 19.1. The minimum Gasteiger partial charge on any atom is -0.444 e. The Morgan fingerprint density at radius 3 is 2.14 bits per heavy atom. The summed E-state index contributed by atoms with van der Waals surface area (Å²) in [7, 11) is 0. The minimum absolute atomic E-state index is 0.00637. The van der Waals surface area contributed by atoms with Crippen LogP contribution < -0.4 is 10.6 Å². The number of benzene rings is 2. The van der Waals surface area contributed by atoms with E-state index in [9.17, 15) is 14.4 Å². The summed E-state index contributed by atoms with van der Waals surface area (Å²) >= 11 is 0. The highest BCUT2D eigenvalue weighted by Crippen LogP contribution is 2.29. The van der Waals surface area contributed by atoms with Crippen molar-refractivity contribution in [1.29, 1.82) is 0 Å². The van der Waals surface area contributed by atoms with Gasteiger partial charge in [0, 0.05) is 55.0 Å². The van der Waals surface area contributed by atoms with E-state index in [1.165, 1.54) is 12.1 Å². The molecule has 0 spiro atoms. The molecule has 1 aliphatic heterocycles. The molecule has 2 N–H and O–H groups in total. The molecule has 0 atom stereocenters. The zero-order chi connectivity index (χ0) is 35.8. The van der Waals surface area contributed by atoms with Crippen molar-refractivity contribution in [3.05, 3.63) is 90.2 Å². The van der Waals surface area contributed by atoms with E-state index in [1.807, 2.05) is 76.4 Å². The Bertz CT molecular complexity index is 2050. The Morgan fingerprint density at radius 2 is 1.50 bits per heavy atom. The Morgan fingerprint density at radius 1 is 0.820 bits per heavy atom. The summed E-state index contributed by atoms with van der Waals surface area (Å²) in [4.78, 5) is 46.0. The topological polar surface area (TPSA) is 134 Å². The van der Waals surface area contributed by atoms with Gasteiger partial charge in [-0.1, -0.05) is 44.1 Å². The Hall–Kier alpha value is -5.72. The van der Waals surface area contributed by atoms with Gasteiger partial charge in [0.2, 0.25) is 0 Å². The van der Waals surface area contributed by atoms with Crippen molar-refractivity contribution in [2.45, 2.75) is 52.6 Å². The fourth-order valence-corrected chi connectivity index (χ4v) is 5.51. The van der Waals surface area contributed by atoms with E-state index in [0.29, 0.717) is 54.4 Å². The number of anilines is 2. The van der Waals surface area contributed by atoms with Gasteiger partial charge in [0.1, 0.15) is 22.8 Å². The van der Waals surface area contributed by atoms with Crippen molar-refractivity contribution >= 4 is 35.2 Å². The molecule has 1 saturated heterocycles. The number of pyridine rings is 1. The molecule has 4 amide bonds. The first-order chi connectivity index (χ1) is 23.6. The van der Waals surface area contributed by atoms with Crippen LogP contribution in [0.15, 0.2) is 77.6 Å². The SMILES string of the molecule is CC(C)(C)OC(=O)N1CCN(C(=O)c2ccc(-c3ccn4c(-c5ccc(NC(=O)Nc6cc(C(C)(C)C)on6)c(F)c5)cnc4c3)cc2)CC1. The maximum atomic E-state index is 15.1. The molecule has 0 saturated carbocycles. The third-order valence-electron chi connectivity index (χ3n) is 8.20. The van der Waals surface area contributed by atoms with Crippen molar-refractivity contribution in [3.8, 4) is 22.4 Å². The standard InChI is InChI=1S/C37H40FN7O5/c1-36(2,3)30-21-31(42-50-30)41-34(47)40-28-12-11-26(19-27(28)38)29-22-39-32-20-25(13-14-45(29)32)23-7-9-24(10-8-23)33(46)43-15-17-44(18-16-43)35(48)49-37(4,5)6/h7-14,19-22H,15-18H2,1-6H3,(H2,40,41,42,47). The molecule has 4 heterocycles. The van der Waals surface area contributed by atoms with Gasteiger partial charge in [-0.05, 0) is 68.3 Å². The number of amides is 4. The lowest BCUT2D eigenvalue weighted by molar-refractivity contribution is 0.0141. The van der Waals surface area contributed by atoms with Crippen LogP contribution >= 0.6 is 0 Å². The molecule has 1 fully saturated rings. The summed E-state index contributed by atoms with van der Waals surface area (Å²) in [6.07, 6.45) is 3.15. The second kappa shape index (κ2) is 13.3. The zero-order valence-corrected chi connectivity index (χ0v) is 28.9. The van der Waals surface area contributed by atoms with Crippen LogP contribution in [0, 0.1) is 5.82 Å². The van der Waals surface area contributed by atoms with Gasteiger partial charge in [0.05, 0.1) is 17.6 Å². The summed E-state index contributed by atoms with van der Waals surface area (Å²) in [6.45, 7) is 13.1. The van der Waals surface area contributed by atoms with E-state index in [0.717, 1.165) is 11.1 Å². The van der Waals surface area contributed by atoms with Gasteiger partial charge in [-0.25, -0.2) is 19.0 Å². The predicted molar refractivity (Wildman–Crippen MR) is 188 cm³/mol. The van der Waals surface area contributed by atoms with E-state index >= 15 is 4.39 Å². The molecule has 13 heteroatoms.